The van der Waals surface area contributed by atoms with Crippen LogP contribution in [0.1, 0.15) is 19.3 Å². The van der Waals surface area contributed by atoms with Gasteiger partial charge in [0.25, 0.3) is 0 Å². The highest BCUT2D eigenvalue weighted by atomic mass is 32.2. The average molecular weight is 310 g/mol. The molecule has 1 saturated carbocycles. The molecule has 0 aromatic heterocycles. The summed E-state index contributed by atoms with van der Waals surface area (Å²) in [6.45, 7) is 1.54. The van der Waals surface area contributed by atoms with Gasteiger partial charge in [0.1, 0.15) is 6.61 Å². The van der Waals surface area contributed by atoms with Crippen molar-refractivity contribution in [3.63, 3.8) is 0 Å². The molecule has 0 radical (unpaired) electrons. The van der Waals surface area contributed by atoms with E-state index in [1.54, 1.807) is 0 Å². The van der Waals surface area contributed by atoms with Crippen LogP contribution in [0.25, 0.3) is 0 Å². The largest absolute Gasteiger partial charge is 0.448 e. The van der Waals surface area contributed by atoms with Crippen molar-refractivity contribution < 1.29 is 18.3 Å². The summed E-state index contributed by atoms with van der Waals surface area (Å²) in [4.78, 5) is 14.1. The fourth-order valence-electron chi connectivity index (χ4n) is 3.85. The van der Waals surface area contributed by atoms with Crippen molar-refractivity contribution in [2.24, 2.45) is 11.3 Å². The number of nitrogens with zero attached hydrogens (tertiary/aromatic N) is 2. The molecule has 2 saturated heterocycles. The Labute approximate surface area is 125 Å². The Morgan fingerprint density at radius 3 is 2.86 bits per heavy atom. The number of hydrogen-bond donors (Lipinski definition) is 1. The third-order valence-electron chi connectivity index (χ3n) is 5.16. The standard InChI is InChI=1S/C14H18N2O4S/c17-13-16(11-4-6-15(7-5-11)21(18)19)12-3-1-2-10-8-14(10,12)9-20-13/h1-3,10-11H,4-9H2,(H,18,19). The second-order valence-corrected chi connectivity index (χ2v) is 7.20. The number of allylic oxidation sites excluding steroid dienone is 3. The van der Waals surface area contributed by atoms with E-state index in [0.29, 0.717) is 38.5 Å². The highest BCUT2D eigenvalue weighted by Crippen LogP contribution is 2.63. The van der Waals surface area contributed by atoms with Gasteiger partial charge >= 0.3 is 6.09 Å². The number of ether oxygens (including phenoxy) is 1. The molecule has 2 heterocycles. The van der Waals surface area contributed by atoms with Gasteiger partial charge in [0.15, 0.2) is 0 Å². The van der Waals surface area contributed by atoms with Crippen LogP contribution in [0, 0.1) is 11.3 Å². The summed E-state index contributed by atoms with van der Waals surface area (Å²) < 4.78 is 27.2. The first-order valence-electron chi connectivity index (χ1n) is 7.33. The Morgan fingerprint density at radius 2 is 2.14 bits per heavy atom. The van der Waals surface area contributed by atoms with Gasteiger partial charge in [-0.15, -0.1) is 0 Å². The summed E-state index contributed by atoms with van der Waals surface area (Å²) in [7, 11) is 0. The second kappa shape index (κ2) is 4.66. The minimum atomic E-state index is -1.92. The molecule has 1 spiro atoms. The maximum Gasteiger partial charge on any atom is 0.414 e. The molecule has 0 aromatic rings. The quantitative estimate of drug-likeness (QED) is 0.785. The first-order valence-corrected chi connectivity index (χ1v) is 8.39. The summed E-state index contributed by atoms with van der Waals surface area (Å²) >= 11 is -1.92. The number of piperidine rings is 1. The highest BCUT2D eigenvalue weighted by Gasteiger charge is 2.62. The van der Waals surface area contributed by atoms with Crippen LogP contribution < -0.4 is 0 Å². The van der Waals surface area contributed by atoms with E-state index in [1.807, 2.05) is 17.1 Å². The van der Waals surface area contributed by atoms with Crippen LogP contribution in [0.4, 0.5) is 4.79 Å². The van der Waals surface area contributed by atoms with Crippen LogP contribution >= 0.6 is 0 Å². The first kappa shape index (κ1) is 13.5. The number of rotatable bonds is 2. The highest BCUT2D eigenvalue weighted by molar-refractivity contribution is 7.76. The Kier molecular flexibility index (Phi) is 2.99. The van der Waals surface area contributed by atoms with Crippen molar-refractivity contribution in [3.8, 4) is 0 Å². The lowest BCUT2D eigenvalue weighted by Crippen LogP contribution is -2.52. The summed E-state index contributed by atoms with van der Waals surface area (Å²) in [5.41, 5.74) is 1.11. The number of carbonyl (C=O) groups excluding carboxylic acids is 1. The molecular weight excluding hydrogens is 292 g/mol. The molecule has 7 heteroatoms. The minimum Gasteiger partial charge on any atom is -0.448 e. The normalized spacial score (nSPS) is 37.4. The van der Waals surface area contributed by atoms with Gasteiger partial charge in [0.05, 0.1) is 5.41 Å². The summed E-state index contributed by atoms with van der Waals surface area (Å²) in [6, 6.07) is 0.0634. The van der Waals surface area contributed by atoms with E-state index < -0.39 is 11.3 Å². The van der Waals surface area contributed by atoms with Crippen molar-refractivity contribution >= 4 is 17.4 Å². The van der Waals surface area contributed by atoms with Crippen LogP contribution in [0.2, 0.25) is 0 Å². The Hall–Kier alpha value is -1.18. The van der Waals surface area contributed by atoms with E-state index in [1.165, 1.54) is 4.31 Å². The fraction of sp³-hybridized carbons (Fsp3) is 0.643. The maximum atomic E-state index is 12.2. The van der Waals surface area contributed by atoms with Crippen LogP contribution in [0.5, 0.6) is 0 Å². The summed E-state index contributed by atoms with van der Waals surface area (Å²) in [5, 5.41) is 0. The van der Waals surface area contributed by atoms with Gasteiger partial charge in [-0.25, -0.2) is 13.3 Å². The smallest absolute Gasteiger partial charge is 0.414 e. The molecule has 2 aliphatic heterocycles. The zero-order valence-electron chi connectivity index (χ0n) is 11.6. The van der Waals surface area contributed by atoms with Gasteiger partial charge in [-0.2, -0.15) is 0 Å². The molecule has 3 atom stereocenters. The third-order valence-corrected chi connectivity index (χ3v) is 5.97. The van der Waals surface area contributed by atoms with E-state index in [4.69, 9.17) is 9.29 Å². The van der Waals surface area contributed by atoms with Gasteiger partial charge in [-0.1, -0.05) is 12.2 Å². The molecule has 2 aliphatic carbocycles. The van der Waals surface area contributed by atoms with Crippen molar-refractivity contribution in [1.82, 2.24) is 9.21 Å². The van der Waals surface area contributed by atoms with Crippen LogP contribution in [0.15, 0.2) is 23.9 Å². The summed E-state index contributed by atoms with van der Waals surface area (Å²) in [5.74, 6) is 0.498. The minimum absolute atomic E-state index is 0.0135. The molecule has 0 bridgehead atoms. The number of hydrogen-bond acceptors (Lipinski definition) is 3. The van der Waals surface area contributed by atoms with Crippen molar-refractivity contribution in [3.05, 3.63) is 23.9 Å². The summed E-state index contributed by atoms with van der Waals surface area (Å²) in [6.07, 6.45) is 8.45. The monoisotopic (exact) mass is 310 g/mol. The van der Waals surface area contributed by atoms with Crippen LogP contribution in [-0.2, 0) is 16.0 Å². The lowest BCUT2D eigenvalue weighted by Gasteiger charge is -2.43. The molecule has 4 aliphatic rings. The molecule has 21 heavy (non-hydrogen) atoms. The Balaban J connectivity index is 1.56. The van der Waals surface area contributed by atoms with E-state index >= 15 is 0 Å². The van der Waals surface area contributed by atoms with E-state index in [9.17, 15) is 9.00 Å². The maximum absolute atomic E-state index is 12.2. The van der Waals surface area contributed by atoms with Gasteiger partial charge in [0.2, 0.25) is 11.3 Å². The Morgan fingerprint density at radius 1 is 1.38 bits per heavy atom. The number of amides is 1. The molecule has 3 fully saturated rings. The third kappa shape index (κ3) is 1.98. The Bertz CT molecular complexity index is 567. The second-order valence-electron chi connectivity index (χ2n) is 6.22. The van der Waals surface area contributed by atoms with Crippen molar-refractivity contribution in [2.75, 3.05) is 19.7 Å². The lowest BCUT2D eigenvalue weighted by molar-refractivity contribution is 0.0347. The molecule has 1 N–H and O–H groups in total. The molecule has 0 aromatic carbocycles. The zero-order chi connectivity index (χ0) is 14.6. The van der Waals surface area contributed by atoms with E-state index in [2.05, 4.69) is 6.08 Å². The predicted molar refractivity (Wildman–Crippen MR) is 76.3 cm³/mol. The fourth-order valence-corrected chi connectivity index (χ4v) is 4.37. The SMILES string of the molecule is O=C1OCC23CC2C=CC=C3N1C1CCN(S(=O)O)CC1. The van der Waals surface area contributed by atoms with Gasteiger partial charge < -0.3 is 4.74 Å². The molecule has 114 valence electrons. The first-order chi connectivity index (χ1) is 10.1. The van der Waals surface area contributed by atoms with E-state index in [0.717, 1.165) is 12.1 Å². The number of cyclic esters (lactones) is 1. The molecule has 3 unspecified atom stereocenters. The van der Waals surface area contributed by atoms with Crippen LogP contribution in [0.3, 0.4) is 0 Å². The van der Waals surface area contributed by atoms with Gasteiger partial charge in [0, 0.05) is 24.8 Å². The lowest BCUT2D eigenvalue weighted by atomic mass is 9.91. The molecule has 4 rings (SSSR count). The van der Waals surface area contributed by atoms with Crippen LogP contribution in [-0.4, -0.2) is 49.8 Å². The average Bonchev–Trinajstić information content (AvgIpc) is 3.21. The van der Waals surface area contributed by atoms with E-state index in [-0.39, 0.29) is 17.6 Å². The molecule has 1 amide bonds. The number of carbonyl (C=O) groups is 1. The van der Waals surface area contributed by atoms with Gasteiger partial charge in [-0.05, 0) is 31.3 Å². The molecular formula is C14H18N2O4S. The predicted octanol–water partition coefficient (Wildman–Crippen LogP) is 1.50. The van der Waals surface area contributed by atoms with Crippen molar-refractivity contribution in [1.29, 1.82) is 0 Å². The zero-order valence-corrected chi connectivity index (χ0v) is 12.4. The molecule has 6 nitrogen and oxygen atoms in total. The topological polar surface area (TPSA) is 70.1 Å². The van der Waals surface area contributed by atoms with Crippen molar-refractivity contribution in [2.45, 2.75) is 25.3 Å². The van der Waals surface area contributed by atoms with Gasteiger partial charge in [-0.3, -0.25) is 9.45 Å².